The molecule has 1 fully saturated rings. The van der Waals surface area contributed by atoms with Gasteiger partial charge in [-0.3, -0.25) is 9.78 Å². The molecule has 1 amide bonds. The minimum atomic E-state index is -0.199. The highest BCUT2D eigenvalue weighted by Crippen LogP contribution is 2.14. The van der Waals surface area contributed by atoms with Crippen LogP contribution in [-0.2, 0) is 4.79 Å². The third-order valence-corrected chi connectivity index (χ3v) is 2.81. The average molecular weight is 235 g/mol. The Morgan fingerprint density at radius 3 is 3.00 bits per heavy atom. The van der Waals surface area contributed by atoms with E-state index in [1.165, 1.54) is 0 Å². The van der Waals surface area contributed by atoms with Gasteiger partial charge in [0, 0.05) is 46.1 Å². The fourth-order valence-electron chi connectivity index (χ4n) is 1.94. The summed E-state index contributed by atoms with van der Waals surface area (Å²) in [4.78, 5) is 24.0. The molecule has 0 radical (unpaired) electrons. The number of likely N-dealkylation sites (N-methyl/N-ethyl adjacent to an activating group) is 1. The van der Waals surface area contributed by atoms with Crippen LogP contribution in [-0.4, -0.2) is 60.5 Å². The second kappa shape index (κ2) is 5.09. The first-order chi connectivity index (χ1) is 8.20. The van der Waals surface area contributed by atoms with Gasteiger partial charge in [0.05, 0.1) is 6.20 Å². The predicted molar refractivity (Wildman–Crippen MR) is 64.7 cm³/mol. The number of aromatic nitrogens is 2. The lowest BCUT2D eigenvalue weighted by Gasteiger charge is -2.36. The van der Waals surface area contributed by atoms with E-state index in [4.69, 9.17) is 0 Å². The molecule has 1 aliphatic heterocycles. The van der Waals surface area contributed by atoms with E-state index >= 15 is 0 Å². The van der Waals surface area contributed by atoms with Gasteiger partial charge in [-0.05, 0) is 0 Å². The van der Waals surface area contributed by atoms with Gasteiger partial charge in [0.1, 0.15) is 11.9 Å². The molecule has 0 spiro atoms. The number of amides is 1. The second-order valence-corrected chi connectivity index (χ2v) is 4.21. The fraction of sp³-hybridized carbons (Fsp3) is 0.545. The zero-order chi connectivity index (χ0) is 12.3. The summed E-state index contributed by atoms with van der Waals surface area (Å²) in [6.07, 6.45) is 4.98. The first-order valence-corrected chi connectivity index (χ1v) is 5.64. The van der Waals surface area contributed by atoms with E-state index in [-0.39, 0.29) is 11.9 Å². The molecule has 1 atom stereocenters. The molecule has 0 aliphatic carbocycles. The number of hydrogen-bond donors (Lipinski definition) is 1. The van der Waals surface area contributed by atoms with Crippen molar-refractivity contribution in [3.05, 3.63) is 18.6 Å². The Kier molecular flexibility index (Phi) is 3.53. The highest BCUT2D eigenvalue weighted by molar-refractivity contribution is 5.85. The maximum Gasteiger partial charge on any atom is 0.246 e. The highest BCUT2D eigenvalue weighted by atomic mass is 16.2. The lowest BCUT2D eigenvalue weighted by molar-refractivity contribution is -0.130. The Morgan fingerprint density at radius 2 is 2.35 bits per heavy atom. The van der Waals surface area contributed by atoms with Crippen molar-refractivity contribution in [2.24, 2.45) is 0 Å². The molecule has 1 saturated heterocycles. The van der Waals surface area contributed by atoms with Crippen LogP contribution in [0.25, 0.3) is 0 Å². The molecule has 0 bridgehead atoms. The van der Waals surface area contributed by atoms with Crippen LogP contribution in [0.4, 0.5) is 5.82 Å². The number of anilines is 1. The van der Waals surface area contributed by atoms with E-state index in [1.54, 1.807) is 37.6 Å². The monoisotopic (exact) mass is 235 g/mol. The summed E-state index contributed by atoms with van der Waals surface area (Å²) >= 11 is 0. The molecule has 1 unspecified atom stereocenters. The van der Waals surface area contributed by atoms with Crippen molar-refractivity contribution < 1.29 is 4.79 Å². The van der Waals surface area contributed by atoms with Crippen molar-refractivity contribution in [3.63, 3.8) is 0 Å². The maximum absolute atomic E-state index is 12.1. The number of piperazine rings is 1. The molecular formula is C11H17N5O. The van der Waals surface area contributed by atoms with E-state index in [0.717, 1.165) is 18.9 Å². The fourth-order valence-corrected chi connectivity index (χ4v) is 1.94. The topological polar surface area (TPSA) is 61.4 Å². The number of nitrogens with zero attached hydrogens (tertiary/aromatic N) is 4. The Bertz CT molecular complexity index is 381. The summed E-state index contributed by atoms with van der Waals surface area (Å²) in [5.41, 5.74) is 0. The minimum Gasteiger partial charge on any atom is -0.347 e. The van der Waals surface area contributed by atoms with Crippen LogP contribution >= 0.6 is 0 Å². The number of carbonyl (C=O) groups excluding carboxylic acids is 1. The zero-order valence-electron chi connectivity index (χ0n) is 10.1. The van der Waals surface area contributed by atoms with Gasteiger partial charge in [-0.2, -0.15) is 0 Å². The molecule has 1 aromatic rings. The molecule has 17 heavy (non-hydrogen) atoms. The van der Waals surface area contributed by atoms with E-state index < -0.39 is 0 Å². The van der Waals surface area contributed by atoms with Crippen molar-refractivity contribution in [1.82, 2.24) is 20.2 Å². The summed E-state index contributed by atoms with van der Waals surface area (Å²) < 4.78 is 0. The van der Waals surface area contributed by atoms with Gasteiger partial charge in [0.25, 0.3) is 0 Å². The van der Waals surface area contributed by atoms with E-state index in [0.29, 0.717) is 6.54 Å². The lowest BCUT2D eigenvalue weighted by Crippen LogP contribution is -2.58. The van der Waals surface area contributed by atoms with E-state index in [9.17, 15) is 4.79 Å². The van der Waals surface area contributed by atoms with Crippen LogP contribution in [0.3, 0.4) is 0 Å². The Morgan fingerprint density at radius 1 is 1.53 bits per heavy atom. The van der Waals surface area contributed by atoms with Crippen LogP contribution in [0, 0.1) is 0 Å². The summed E-state index contributed by atoms with van der Waals surface area (Å²) in [5, 5.41) is 3.23. The number of nitrogens with one attached hydrogen (secondary N) is 1. The van der Waals surface area contributed by atoms with Gasteiger partial charge < -0.3 is 15.1 Å². The quantitative estimate of drug-likeness (QED) is 0.737. The Balaban J connectivity index is 2.21. The molecule has 1 aliphatic rings. The standard InChI is InChI=1S/C11H17N5O/c1-15(2)11(17)9-7-13-5-6-16(9)10-8-12-3-4-14-10/h3-4,8-9,13H,5-7H2,1-2H3. The third-order valence-electron chi connectivity index (χ3n) is 2.81. The minimum absolute atomic E-state index is 0.0860. The van der Waals surface area contributed by atoms with Gasteiger partial charge in [-0.25, -0.2) is 4.98 Å². The van der Waals surface area contributed by atoms with Crippen LogP contribution in [0.2, 0.25) is 0 Å². The summed E-state index contributed by atoms with van der Waals surface area (Å²) in [6, 6.07) is -0.199. The van der Waals surface area contributed by atoms with Crippen molar-refractivity contribution in [3.8, 4) is 0 Å². The van der Waals surface area contributed by atoms with E-state index in [2.05, 4.69) is 15.3 Å². The van der Waals surface area contributed by atoms with Crippen molar-refractivity contribution in [2.45, 2.75) is 6.04 Å². The molecule has 92 valence electrons. The summed E-state index contributed by atoms with van der Waals surface area (Å²) in [6.45, 7) is 2.27. The molecule has 6 nitrogen and oxygen atoms in total. The summed E-state index contributed by atoms with van der Waals surface area (Å²) in [7, 11) is 3.54. The molecule has 2 heterocycles. The maximum atomic E-state index is 12.1. The molecule has 1 N–H and O–H groups in total. The molecule has 0 aromatic carbocycles. The highest BCUT2D eigenvalue weighted by Gasteiger charge is 2.30. The van der Waals surface area contributed by atoms with Crippen molar-refractivity contribution in [2.75, 3.05) is 38.6 Å². The van der Waals surface area contributed by atoms with Gasteiger partial charge in [-0.15, -0.1) is 0 Å². The van der Waals surface area contributed by atoms with Crippen LogP contribution in [0.5, 0.6) is 0 Å². The SMILES string of the molecule is CN(C)C(=O)C1CNCCN1c1cnccn1. The smallest absolute Gasteiger partial charge is 0.246 e. The molecule has 0 saturated carbocycles. The number of rotatable bonds is 2. The first-order valence-electron chi connectivity index (χ1n) is 5.64. The normalized spacial score (nSPS) is 20.1. The Labute approximate surface area is 101 Å². The third kappa shape index (κ3) is 2.52. The molecular weight excluding hydrogens is 218 g/mol. The van der Waals surface area contributed by atoms with Gasteiger partial charge in [0.2, 0.25) is 5.91 Å². The van der Waals surface area contributed by atoms with Crippen molar-refractivity contribution in [1.29, 1.82) is 0 Å². The van der Waals surface area contributed by atoms with Crippen molar-refractivity contribution >= 4 is 11.7 Å². The van der Waals surface area contributed by atoms with Gasteiger partial charge in [-0.1, -0.05) is 0 Å². The van der Waals surface area contributed by atoms with Crippen LogP contribution < -0.4 is 10.2 Å². The number of hydrogen-bond acceptors (Lipinski definition) is 5. The zero-order valence-corrected chi connectivity index (χ0v) is 10.1. The molecule has 2 rings (SSSR count). The second-order valence-electron chi connectivity index (χ2n) is 4.21. The number of carbonyl (C=O) groups is 1. The predicted octanol–water partition coefficient (Wildman–Crippen LogP) is -0.657. The molecule has 6 heteroatoms. The largest absolute Gasteiger partial charge is 0.347 e. The molecule has 1 aromatic heterocycles. The summed E-state index contributed by atoms with van der Waals surface area (Å²) in [5.74, 6) is 0.844. The average Bonchev–Trinajstić information content (AvgIpc) is 2.39. The first kappa shape index (κ1) is 11.8. The Hall–Kier alpha value is -1.69. The van der Waals surface area contributed by atoms with Gasteiger partial charge >= 0.3 is 0 Å². The van der Waals surface area contributed by atoms with Gasteiger partial charge in [0.15, 0.2) is 0 Å². The lowest BCUT2D eigenvalue weighted by atomic mass is 10.1. The van der Waals surface area contributed by atoms with E-state index in [1.807, 2.05) is 4.90 Å². The van der Waals surface area contributed by atoms with Crippen LogP contribution in [0.1, 0.15) is 0 Å². The van der Waals surface area contributed by atoms with Crippen LogP contribution in [0.15, 0.2) is 18.6 Å².